The molecule has 1 N–H and O–H groups in total. The number of anilines is 1. The molecule has 0 spiro atoms. The zero-order chi connectivity index (χ0) is 17.7. The number of nitrogens with zero attached hydrogens (tertiary/aromatic N) is 4. The van der Waals surface area contributed by atoms with Gasteiger partial charge in [-0.1, -0.05) is 6.07 Å². The third-order valence-electron chi connectivity index (χ3n) is 3.57. The van der Waals surface area contributed by atoms with Gasteiger partial charge >= 0.3 is 0 Å². The van der Waals surface area contributed by atoms with Gasteiger partial charge < -0.3 is 5.32 Å². The van der Waals surface area contributed by atoms with E-state index in [0.717, 1.165) is 17.0 Å². The standard InChI is InChI=1S/C17H17N5O2/c1-11-13(12(2)22(3)21-11)7-8-15(23)14(10-18)17(24)20-16-6-4-5-9-19-16/h4-9,14H,1-3H3,(H,19,20,24)/b8-7-/t14-/m0/s1. The van der Waals surface area contributed by atoms with Crippen LogP contribution in [0.5, 0.6) is 0 Å². The van der Waals surface area contributed by atoms with Gasteiger partial charge in [0.05, 0.1) is 11.8 Å². The van der Waals surface area contributed by atoms with Crippen molar-refractivity contribution >= 4 is 23.6 Å². The Labute approximate surface area is 139 Å². The van der Waals surface area contributed by atoms with Crippen molar-refractivity contribution in [1.82, 2.24) is 14.8 Å². The number of hydrogen-bond donors (Lipinski definition) is 1. The molecular weight excluding hydrogens is 306 g/mol. The molecule has 7 nitrogen and oxygen atoms in total. The number of nitrogens with one attached hydrogen (secondary N) is 1. The molecule has 0 fully saturated rings. The van der Waals surface area contributed by atoms with E-state index in [1.807, 2.05) is 13.8 Å². The minimum Gasteiger partial charge on any atom is -0.309 e. The summed E-state index contributed by atoms with van der Waals surface area (Å²) in [4.78, 5) is 28.2. The van der Waals surface area contributed by atoms with E-state index < -0.39 is 17.6 Å². The molecule has 1 atom stereocenters. The van der Waals surface area contributed by atoms with Gasteiger partial charge in [-0.05, 0) is 38.1 Å². The second-order valence-corrected chi connectivity index (χ2v) is 5.21. The van der Waals surface area contributed by atoms with Crippen LogP contribution in [0.1, 0.15) is 17.0 Å². The second kappa shape index (κ2) is 7.33. The van der Waals surface area contributed by atoms with Gasteiger partial charge in [0.1, 0.15) is 5.82 Å². The van der Waals surface area contributed by atoms with Crippen molar-refractivity contribution in [2.75, 3.05) is 5.32 Å². The largest absolute Gasteiger partial charge is 0.309 e. The summed E-state index contributed by atoms with van der Waals surface area (Å²) in [6.45, 7) is 3.70. The maximum absolute atomic E-state index is 12.2. The highest BCUT2D eigenvalue weighted by atomic mass is 16.2. The molecule has 24 heavy (non-hydrogen) atoms. The van der Waals surface area contributed by atoms with Crippen LogP contribution in [0.3, 0.4) is 0 Å². The van der Waals surface area contributed by atoms with Crippen molar-refractivity contribution in [2.24, 2.45) is 13.0 Å². The van der Waals surface area contributed by atoms with Crippen LogP contribution in [-0.2, 0) is 16.6 Å². The third kappa shape index (κ3) is 3.73. The van der Waals surface area contributed by atoms with Crippen molar-refractivity contribution < 1.29 is 9.59 Å². The van der Waals surface area contributed by atoms with E-state index in [-0.39, 0.29) is 0 Å². The van der Waals surface area contributed by atoms with Gasteiger partial charge in [0, 0.05) is 24.5 Å². The third-order valence-corrected chi connectivity index (χ3v) is 3.57. The Morgan fingerprint density at radius 3 is 2.67 bits per heavy atom. The van der Waals surface area contributed by atoms with Gasteiger partial charge in [0.2, 0.25) is 0 Å². The van der Waals surface area contributed by atoms with Gasteiger partial charge in [-0.15, -0.1) is 0 Å². The summed E-state index contributed by atoms with van der Waals surface area (Å²) < 4.78 is 1.70. The fourth-order valence-electron chi connectivity index (χ4n) is 2.18. The molecule has 7 heteroatoms. The Bertz CT molecular complexity index is 831. The number of nitriles is 1. The summed E-state index contributed by atoms with van der Waals surface area (Å²) in [5, 5.41) is 15.9. The van der Waals surface area contributed by atoms with E-state index in [1.54, 1.807) is 42.1 Å². The average Bonchev–Trinajstić information content (AvgIpc) is 2.79. The number of carbonyl (C=O) groups excluding carboxylic acids is 2. The van der Waals surface area contributed by atoms with Crippen LogP contribution in [0.2, 0.25) is 0 Å². The fraction of sp³-hybridized carbons (Fsp3) is 0.235. The number of aryl methyl sites for hydroxylation is 2. The lowest BCUT2D eigenvalue weighted by Gasteiger charge is -2.06. The van der Waals surface area contributed by atoms with Crippen LogP contribution < -0.4 is 5.32 Å². The molecule has 0 saturated carbocycles. The van der Waals surface area contributed by atoms with Crippen LogP contribution in [0.15, 0.2) is 30.5 Å². The van der Waals surface area contributed by atoms with E-state index in [4.69, 9.17) is 5.26 Å². The van der Waals surface area contributed by atoms with Crippen LogP contribution in [0, 0.1) is 31.1 Å². The Hall–Kier alpha value is -3.27. The molecule has 0 aromatic carbocycles. The minimum atomic E-state index is -1.43. The van der Waals surface area contributed by atoms with Gasteiger partial charge in [-0.25, -0.2) is 4.98 Å². The van der Waals surface area contributed by atoms with E-state index in [2.05, 4.69) is 15.4 Å². The zero-order valence-electron chi connectivity index (χ0n) is 13.6. The molecule has 0 aliphatic carbocycles. The SMILES string of the molecule is Cc1nn(C)c(C)c1/C=C\C(=O)[C@H](C#N)C(=O)Nc1ccccn1. The summed E-state index contributed by atoms with van der Waals surface area (Å²) in [6.07, 6.45) is 4.33. The number of rotatable bonds is 5. The molecule has 0 saturated heterocycles. The Balaban J connectivity index is 2.13. The maximum atomic E-state index is 12.2. The number of aromatic nitrogens is 3. The highest BCUT2D eigenvalue weighted by Crippen LogP contribution is 2.14. The van der Waals surface area contributed by atoms with E-state index in [1.165, 1.54) is 12.3 Å². The molecule has 0 radical (unpaired) electrons. The summed E-state index contributed by atoms with van der Waals surface area (Å²) in [5.74, 6) is -2.43. The lowest BCUT2D eigenvalue weighted by molar-refractivity contribution is -0.126. The van der Waals surface area contributed by atoms with Crippen molar-refractivity contribution in [3.63, 3.8) is 0 Å². The number of ketones is 1. The van der Waals surface area contributed by atoms with Gasteiger partial charge in [-0.2, -0.15) is 10.4 Å². The summed E-state index contributed by atoms with van der Waals surface area (Å²) in [6, 6.07) is 6.70. The number of allylic oxidation sites excluding steroid dienone is 1. The summed E-state index contributed by atoms with van der Waals surface area (Å²) in [7, 11) is 1.81. The predicted molar refractivity (Wildman–Crippen MR) is 88.7 cm³/mol. The first-order chi connectivity index (χ1) is 11.4. The normalized spacial score (nSPS) is 11.9. The van der Waals surface area contributed by atoms with E-state index >= 15 is 0 Å². The summed E-state index contributed by atoms with van der Waals surface area (Å²) >= 11 is 0. The number of hydrogen-bond acceptors (Lipinski definition) is 5. The molecule has 2 aromatic heterocycles. The molecule has 2 rings (SSSR count). The Morgan fingerprint density at radius 2 is 2.12 bits per heavy atom. The van der Waals surface area contributed by atoms with Crippen LogP contribution in [-0.4, -0.2) is 26.5 Å². The van der Waals surface area contributed by atoms with Crippen LogP contribution in [0.4, 0.5) is 5.82 Å². The van der Waals surface area contributed by atoms with Crippen LogP contribution in [0.25, 0.3) is 6.08 Å². The molecule has 0 bridgehead atoms. The first-order valence-electron chi connectivity index (χ1n) is 7.27. The molecule has 2 aromatic rings. The molecular formula is C17H17N5O2. The molecule has 0 aliphatic rings. The Kier molecular flexibility index (Phi) is 5.22. The first-order valence-corrected chi connectivity index (χ1v) is 7.27. The molecule has 0 unspecified atom stereocenters. The number of carbonyl (C=O) groups is 2. The fourth-order valence-corrected chi connectivity index (χ4v) is 2.18. The maximum Gasteiger partial charge on any atom is 0.250 e. The smallest absolute Gasteiger partial charge is 0.250 e. The molecule has 0 aliphatic heterocycles. The minimum absolute atomic E-state index is 0.290. The van der Waals surface area contributed by atoms with Crippen molar-refractivity contribution in [2.45, 2.75) is 13.8 Å². The number of pyridine rings is 1. The van der Waals surface area contributed by atoms with E-state index in [0.29, 0.717) is 5.82 Å². The first kappa shape index (κ1) is 17.1. The van der Waals surface area contributed by atoms with Gasteiger partial charge in [-0.3, -0.25) is 14.3 Å². The van der Waals surface area contributed by atoms with Crippen molar-refractivity contribution in [3.05, 3.63) is 47.4 Å². The quantitative estimate of drug-likeness (QED) is 0.668. The topological polar surface area (TPSA) is 101 Å². The molecule has 1 amide bonds. The molecule has 2 heterocycles. The lowest BCUT2D eigenvalue weighted by atomic mass is 10.0. The Morgan fingerprint density at radius 1 is 1.38 bits per heavy atom. The monoisotopic (exact) mass is 323 g/mol. The lowest BCUT2D eigenvalue weighted by Crippen LogP contribution is -2.27. The number of amides is 1. The van der Waals surface area contributed by atoms with Crippen LogP contribution >= 0.6 is 0 Å². The van der Waals surface area contributed by atoms with Gasteiger partial charge in [0.25, 0.3) is 5.91 Å². The van der Waals surface area contributed by atoms with Crippen molar-refractivity contribution in [3.8, 4) is 6.07 Å². The predicted octanol–water partition coefficient (Wildman–Crippen LogP) is 1.79. The second-order valence-electron chi connectivity index (χ2n) is 5.21. The zero-order valence-corrected chi connectivity index (χ0v) is 13.6. The highest BCUT2D eigenvalue weighted by Gasteiger charge is 2.25. The summed E-state index contributed by atoms with van der Waals surface area (Å²) in [5.41, 5.74) is 2.46. The van der Waals surface area contributed by atoms with E-state index in [9.17, 15) is 9.59 Å². The highest BCUT2D eigenvalue weighted by molar-refractivity contribution is 6.14. The van der Waals surface area contributed by atoms with Gasteiger partial charge in [0.15, 0.2) is 11.7 Å². The average molecular weight is 323 g/mol. The van der Waals surface area contributed by atoms with Crippen molar-refractivity contribution in [1.29, 1.82) is 5.26 Å². The molecule has 122 valence electrons.